The Labute approximate surface area is 191 Å². The van der Waals surface area contributed by atoms with Crippen molar-refractivity contribution in [2.45, 2.75) is 106 Å². The molecule has 8 atom stereocenters. The highest BCUT2D eigenvalue weighted by atomic mass is 16.3. The summed E-state index contributed by atoms with van der Waals surface area (Å²) < 4.78 is 0. The van der Waals surface area contributed by atoms with E-state index in [9.17, 15) is 9.90 Å². The fraction of sp³-hybridized carbons (Fsp3) is 0.828. The van der Waals surface area contributed by atoms with Crippen molar-refractivity contribution in [3.05, 3.63) is 23.3 Å². The third-order valence-electron chi connectivity index (χ3n) is 10.6. The molecule has 4 rings (SSSR count). The summed E-state index contributed by atoms with van der Waals surface area (Å²) in [7, 11) is 0. The molecule has 2 heteroatoms. The van der Waals surface area contributed by atoms with Gasteiger partial charge in [0.1, 0.15) is 5.78 Å². The highest BCUT2D eigenvalue weighted by Gasteiger charge is 2.63. The Kier molecular flexibility index (Phi) is 5.90. The van der Waals surface area contributed by atoms with Crippen molar-refractivity contribution in [2.24, 2.45) is 45.8 Å². The minimum absolute atomic E-state index is 0.119. The van der Waals surface area contributed by atoms with E-state index in [4.69, 9.17) is 0 Å². The van der Waals surface area contributed by atoms with Crippen molar-refractivity contribution in [3.63, 3.8) is 0 Å². The molecule has 2 nitrogen and oxygen atoms in total. The first-order valence-corrected chi connectivity index (χ1v) is 13.0. The highest BCUT2D eigenvalue weighted by molar-refractivity contribution is 5.85. The lowest BCUT2D eigenvalue weighted by molar-refractivity contribution is -0.124. The van der Waals surface area contributed by atoms with Crippen molar-refractivity contribution in [2.75, 3.05) is 0 Å². The van der Waals surface area contributed by atoms with E-state index in [2.05, 4.69) is 60.6 Å². The number of fused-ring (bicyclic) bond motifs is 5. The molecule has 3 fully saturated rings. The Hall–Kier alpha value is -0.890. The summed E-state index contributed by atoms with van der Waals surface area (Å²) in [6.07, 6.45) is 13.2. The molecule has 0 heterocycles. The van der Waals surface area contributed by atoms with E-state index in [-0.39, 0.29) is 28.3 Å². The molecule has 4 aliphatic carbocycles. The molecule has 0 aromatic heterocycles. The quantitative estimate of drug-likeness (QED) is 0.486. The second kappa shape index (κ2) is 7.86. The average molecular weight is 427 g/mol. The van der Waals surface area contributed by atoms with Gasteiger partial charge in [-0.3, -0.25) is 4.79 Å². The molecule has 0 amide bonds. The minimum Gasteiger partial charge on any atom is -0.392 e. The maximum atomic E-state index is 13.4. The minimum atomic E-state index is -0.226. The van der Waals surface area contributed by atoms with Gasteiger partial charge in [0.25, 0.3) is 0 Å². The van der Waals surface area contributed by atoms with E-state index >= 15 is 0 Å². The second-order valence-corrected chi connectivity index (χ2v) is 13.0. The van der Waals surface area contributed by atoms with Crippen molar-refractivity contribution < 1.29 is 9.90 Å². The number of carbonyl (C=O) groups excluding carboxylic acids is 1. The van der Waals surface area contributed by atoms with E-state index in [1.807, 2.05) is 0 Å². The van der Waals surface area contributed by atoms with Gasteiger partial charge in [-0.2, -0.15) is 0 Å². The number of Topliss-reactive ketones (excluding diaryl/α,β-unsaturated/α-hetero) is 1. The molecule has 174 valence electrons. The van der Waals surface area contributed by atoms with E-state index in [1.165, 1.54) is 24.0 Å². The van der Waals surface area contributed by atoms with Crippen molar-refractivity contribution >= 4 is 5.78 Å². The van der Waals surface area contributed by atoms with Gasteiger partial charge in [0.15, 0.2) is 0 Å². The van der Waals surface area contributed by atoms with Crippen molar-refractivity contribution in [1.82, 2.24) is 0 Å². The molecule has 0 saturated heterocycles. The zero-order valence-corrected chi connectivity index (χ0v) is 21.1. The number of hydrogen-bond donors (Lipinski definition) is 1. The summed E-state index contributed by atoms with van der Waals surface area (Å²) in [5.74, 6) is 3.12. The number of hydrogen-bond acceptors (Lipinski definition) is 2. The van der Waals surface area contributed by atoms with Crippen LogP contribution in [-0.2, 0) is 4.79 Å². The third kappa shape index (κ3) is 3.51. The van der Waals surface area contributed by atoms with Crippen LogP contribution in [0.3, 0.4) is 0 Å². The summed E-state index contributed by atoms with van der Waals surface area (Å²) in [5, 5.41) is 10.7. The Morgan fingerprint density at radius 1 is 1.16 bits per heavy atom. The predicted octanol–water partition coefficient (Wildman–Crippen LogP) is 7.12. The zero-order chi connectivity index (χ0) is 22.8. The molecule has 0 bridgehead atoms. The normalized spacial score (nSPS) is 44.6. The maximum absolute atomic E-state index is 13.4. The van der Waals surface area contributed by atoms with Gasteiger partial charge in [0.05, 0.1) is 6.10 Å². The van der Waals surface area contributed by atoms with Crippen LogP contribution >= 0.6 is 0 Å². The van der Waals surface area contributed by atoms with Gasteiger partial charge in [-0.15, -0.1) is 0 Å². The molecule has 0 unspecified atom stereocenters. The first kappa shape index (κ1) is 23.3. The lowest BCUT2D eigenvalue weighted by Crippen LogP contribution is -2.54. The van der Waals surface area contributed by atoms with Gasteiger partial charge in [-0.05, 0) is 93.3 Å². The fourth-order valence-corrected chi connectivity index (χ4v) is 8.99. The predicted molar refractivity (Wildman–Crippen MR) is 129 cm³/mol. The van der Waals surface area contributed by atoms with Crippen LogP contribution in [0.2, 0.25) is 0 Å². The summed E-state index contributed by atoms with van der Waals surface area (Å²) in [5.41, 5.74) is 3.15. The van der Waals surface area contributed by atoms with Crippen LogP contribution in [0, 0.1) is 45.8 Å². The standard InChI is InChI=1S/C29H46O2/c1-18(2)9-8-10-19(3)26-23(30)17-22-20-11-12-24-27(4,5)25(31)14-16-28(24,6)21(20)13-15-29(22,26)7/h9,12,19-22,25-26,31H,8,10-11,13-17H2,1-7H3/t19-,20-,21+,22+,25+,26+,28-,29+/m1/s1. The van der Waals surface area contributed by atoms with E-state index < -0.39 is 0 Å². The molecule has 0 spiro atoms. The van der Waals surface area contributed by atoms with Crippen LogP contribution in [0.15, 0.2) is 23.3 Å². The van der Waals surface area contributed by atoms with E-state index in [1.54, 1.807) is 0 Å². The molecule has 0 aromatic carbocycles. The van der Waals surface area contributed by atoms with E-state index in [0.717, 1.165) is 38.5 Å². The lowest BCUT2D eigenvalue weighted by Gasteiger charge is -2.61. The first-order chi connectivity index (χ1) is 14.4. The van der Waals surface area contributed by atoms with Crippen molar-refractivity contribution in [3.8, 4) is 0 Å². The number of allylic oxidation sites excluding steroid dienone is 3. The van der Waals surface area contributed by atoms with Crippen molar-refractivity contribution in [1.29, 1.82) is 0 Å². The van der Waals surface area contributed by atoms with Gasteiger partial charge in [0.2, 0.25) is 0 Å². The van der Waals surface area contributed by atoms with Crippen LogP contribution in [-0.4, -0.2) is 17.0 Å². The van der Waals surface area contributed by atoms with Crippen LogP contribution in [0.1, 0.15) is 99.8 Å². The summed E-state index contributed by atoms with van der Waals surface area (Å²) in [6.45, 7) is 16.1. The van der Waals surface area contributed by atoms with Crippen LogP contribution < -0.4 is 0 Å². The molecule has 31 heavy (non-hydrogen) atoms. The summed E-state index contributed by atoms with van der Waals surface area (Å²) in [6, 6.07) is 0. The molecule has 0 aromatic rings. The smallest absolute Gasteiger partial charge is 0.137 e. The van der Waals surface area contributed by atoms with Gasteiger partial charge < -0.3 is 5.11 Å². The summed E-state index contributed by atoms with van der Waals surface area (Å²) >= 11 is 0. The zero-order valence-electron chi connectivity index (χ0n) is 21.1. The Morgan fingerprint density at radius 2 is 1.87 bits per heavy atom. The van der Waals surface area contributed by atoms with Gasteiger partial charge in [0, 0.05) is 17.8 Å². The van der Waals surface area contributed by atoms with Gasteiger partial charge in [-0.25, -0.2) is 0 Å². The lowest BCUT2D eigenvalue weighted by atomic mass is 9.44. The van der Waals surface area contributed by atoms with Gasteiger partial charge >= 0.3 is 0 Å². The maximum Gasteiger partial charge on any atom is 0.137 e. The Morgan fingerprint density at radius 3 is 2.55 bits per heavy atom. The Bertz CT molecular complexity index is 785. The van der Waals surface area contributed by atoms with Crippen LogP contribution in [0.4, 0.5) is 0 Å². The molecule has 0 aliphatic heterocycles. The molecule has 4 aliphatic rings. The first-order valence-electron chi connectivity index (χ1n) is 13.0. The molecular weight excluding hydrogens is 380 g/mol. The SMILES string of the molecule is CC(C)=CCC[C@@H](C)[C@H]1C(=O)C[C@H]2[C@@H]3CC=C4C(C)(C)[C@@H](O)CC[C@]4(C)[C@H]3CC[C@]12C. The van der Waals surface area contributed by atoms with Crippen LogP contribution in [0.25, 0.3) is 0 Å². The summed E-state index contributed by atoms with van der Waals surface area (Å²) in [4.78, 5) is 13.4. The van der Waals surface area contributed by atoms with E-state index in [0.29, 0.717) is 29.5 Å². The molecule has 1 N–H and O–H groups in total. The average Bonchev–Trinajstić information content (AvgIpc) is 2.95. The number of rotatable bonds is 4. The second-order valence-electron chi connectivity index (χ2n) is 13.0. The number of ketones is 1. The number of aliphatic hydroxyl groups excluding tert-OH is 1. The molecular formula is C29H46O2. The molecule has 3 saturated carbocycles. The van der Waals surface area contributed by atoms with Crippen LogP contribution in [0.5, 0.6) is 0 Å². The number of carbonyl (C=O) groups is 1. The largest absolute Gasteiger partial charge is 0.392 e. The molecule has 0 radical (unpaired) electrons. The fourth-order valence-electron chi connectivity index (χ4n) is 8.99. The Balaban J connectivity index is 1.60. The third-order valence-corrected chi connectivity index (χ3v) is 10.6. The topological polar surface area (TPSA) is 37.3 Å². The number of aliphatic hydroxyl groups is 1. The monoisotopic (exact) mass is 426 g/mol. The highest BCUT2D eigenvalue weighted by Crippen LogP contribution is 2.68. The van der Waals surface area contributed by atoms with Gasteiger partial charge in [-0.1, -0.05) is 57.9 Å².